The van der Waals surface area contributed by atoms with Crippen molar-refractivity contribution in [2.45, 2.75) is 46.2 Å². The Balaban J connectivity index is 1.88. The van der Waals surface area contributed by atoms with E-state index in [1.807, 2.05) is 18.7 Å². The molecule has 2 heterocycles. The summed E-state index contributed by atoms with van der Waals surface area (Å²) in [5.74, 6) is -1.91. The van der Waals surface area contributed by atoms with Crippen LogP contribution in [-0.4, -0.2) is 46.1 Å². The van der Waals surface area contributed by atoms with E-state index in [0.29, 0.717) is 38.4 Å². The van der Waals surface area contributed by atoms with Gasteiger partial charge in [0, 0.05) is 49.9 Å². The minimum absolute atomic E-state index is 0.0889. The van der Waals surface area contributed by atoms with Gasteiger partial charge in [-0.3, -0.25) is 18.7 Å². The highest BCUT2D eigenvalue weighted by Crippen LogP contribution is 2.19. The van der Waals surface area contributed by atoms with Gasteiger partial charge in [-0.2, -0.15) is 0 Å². The van der Waals surface area contributed by atoms with E-state index in [-0.39, 0.29) is 34.8 Å². The normalized spacial score (nSPS) is 15.0. The fourth-order valence-corrected chi connectivity index (χ4v) is 3.92. The molecule has 0 atom stereocenters. The standard InChI is InChI=1S/C22H28F2N4O3/c1-14(2)27-19(13-20(29)28(15(3)4)22(27)31)25-8-5-9-26(11-10-25)21(30)16-6-7-17(23)18(24)12-16/h6-7,12-15H,5,8-11H2,1-4H3. The smallest absolute Gasteiger partial charge is 0.333 e. The number of anilines is 1. The number of hydrogen-bond acceptors (Lipinski definition) is 4. The summed E-state index contributed by atoms with van der Waals surface area (Å²) in [4.78, 5) is 41.9. The number of hydrogen-bond donors (Lipinski definition) is 0. The summed E-state index contributed by atoms with van der Waals surface area (Å²) in [6, 6.07) is 4.18. The zero-order chi connectivity index (χ0) is 22.9. The molecule has 168 valence electrons. The number of benzene rings is 1. The molecule has 1 aromatic carbocycles. The molecule has 0 radical (unpaired) electrons. The lowest BCUT2D eigenvalue weighted by molar-refractivity contribution is 0.0766. The van der Waals surface area contributed by atoms with Crippen LogP contribution in [-0.2, 0) is 0 Å². The van der Waals surface area contributed by atoms with Gasteiger partial charge in [0.25, 0.3) is 11.5 Å². The maximum atomic E-state index is 13.5. The van der Waals surface area contributed by atoms with Crippen molar-refractivity contribution in [3.8, 4) is 0 Å². The molecule has 1 amide bonds. The second-order valence-corrected chi connectivity index (χ2v) is 8.31. The van der Waals surface area contributed by atoms with Crippen LogP contribution >= 0.6 is 0 Å². The van der Waals surface area contributed by atoms with Crippen LogP contribution in [0.1, 0.15) is 56.6 Å². The summed E-state index contributed by atoms with van der Waals surface area (Å²) >= 11 is 0. The quantitative estimate of drug-likeness (QED) is 0.742. The Kier molecular flexibility index (Phi) is 6.62. The van der Waals surface area contributed by atoms with Crippen LogP contribution in [0.15, 0.2) is 33.9 Å². The molecule has 0 bridgehead atoms. The molecule has 1 aromatic heterocycles. The Morgan fingerprint density at radius 1 is 0.871 bits per heavy atom. The van der Waals surface area contributed by atoms with E-state index in [1.54, 1.807) is 23.3 Å². The second kappa shape index (κ2) is 9.03. The van der Waals surface area contributed by atoms with Gasteiger partial charge in [-0.05, 0) is 52.3 Å². The average molecular weight is 434 g/mol. The van der Waals surface area contributed by atoms with Crippen LogP contribution in [0.4, 0.5) is 14.6 Å². The van der Waals surface area contributed by atoms with Gasteiger partial charge in [0.2, 0.25) is 0 Å². The van der Waals surface area contributed by atoms with Crippen LogP contribution in [0, 0.1) is 11.6 Å². The summed E-state index contributed by atoms with van der Waals surface area (Å²) in [6.45, 7) is 9.08. The molecular formula is C22H28F2N4O3. The molecule has 2 aromatic rings. The zero-order valence-corrected chi connectivity index (χ0v) is 18.3. The molecule has 1 aliphatic rings. The minimum atomic E-state index is -1.06. The predicted molar refractivity (Wildman–Crippen MR) is 115 cm³/mol. The van der Waals surface area contributed by atoms with E-state index in [1.165, 1.54) is 16.7 Å². The highest BCUT2D eigenvalue weighted by Gasteiger charge is 2.25. The van der Waals surface area contributed by atoms with Crippen LogP contribution in [0.2, 0.25) is 0 Å². The van der Waals surface area contributed by atoms with E-state index in [0.717, 1.165) is 12.1 Å². The molecule has 7 nitrogen and oxygen atoms in total. The van der Waals surface area contributed by atoms with Crippen molar-refractivity contribution in [1.82, 2.24) is 14.0 Å². The predicted octanol–water partition coefficient (Wildman–Crippen LogP) is 2.80. The van der Waals surface area contributed by atoms with Gasteiger partial charge in [-0.15, -0.1) is 0 Å². The molecule has 0 saturated carbocycles. The lowest BCUT2D eigenvalue weighted by Crippen LogP contribution is -2.45. The fourth-order valence-electron chi connectivity index (χ4n) is 3.92. The lowest BCUT2D eigenvalue weighted by Gasteiger charge is -2.28. The van der Waals surface area contributed by atoms with Crippen molar-refractivity contribution in [1.29, 1.82) is 0 Å². The summed E-state index contributed by atoms with van der Waals surface area (Å²) in [6.07, 6.45) is 0.606. The van der Waals surface area contributed by atoms with Gasteiger partial charge in [0.05, 0.1) is 0 Å². The number of aromatic nitrogens is 2. The monoisotopic (exact) mass is 434 g/mol. The lowest BCUT2D eigenvalue weighted by atomic mass is 10.2. The van der Waals surface area contributed by atoms with Crippen LogP contribution in [0.25, 0.3) is 0 Å². The number of nitrogens with zero attached hydrogens (tertiary/aromatic N) is 4. The Morgan fingerprint density at radius 3 is 2.16 bits per heavy atom. The number of carbonyl (C=O) groups excluding carboxylic acids is 1. The third-order valence-electron chi connectivity index (χ3n) is 5.46. The van der Waals surface area contributed by atoms with E-state index in [2.05, 4.69) is 0 Å². The molecule has 1 saturated heterocycles. The highest BCUT2D eigenvalue weighted by atomic mass is 19.2. The van der Waals surface area contributed by atoms with Crippen LogP contribution < -0.4 is 16.1 Å². The topological polar surface area (TPSA) is 67.5 Å². The highest BCUT2D eigenvalue weighted by molar-refractivity contribution is 5.94. The third-order valence-corrected chi connectivity index (χ3v) is 5.46. The average Bonchev–Trinajstić information content (AvgIpc) is 2.94. The van der Waals surface area contributed by atoms with Gasteiger partial charge in [0.15, 0.2) is 11.6 Å². The molecule has 0 aliphatic carbocycles. The van der Waals surface area contributed by atoms with Crippen molar-refractivity contribution in [2.75, 3.05) is 31.1 Å². The summed E-state index contributed by atoms with van der Waals surface area (Å²) in [5, 5.41) is 0. The van der Waals surface area contributed by atoms with E-state index in [9.17, 15) is 23.2 Å². The number of carbonyl (C=O) groups is 1. The van der Waals surface area contributed by atoms with Gasteiger partial charge >= 0.3 is 5.69 Å². The first-order valence-corrected chi connectivity index (χ1v) is 10.5. The van der Waals surface area contributed by atoms with Gasteiger partial charge in [0.1, 0.15) is 5.82 Å². The van der Waals surface area contributed by atoms with E-state index in [4.69, 9.17) is 0 Å². The van der Waals surface area contributed by atoms with Gasteiger partial charge in [-0.1, -0.05) is 0 Å². The first kappa shape index (κ1) is 22.7. The van der Waals surface area contributed by atoms with Crippen LogP contribution in [0.3, 0.4) is 0 Å². The zero-order valence-electron chi connectivity index (χ0n) is 18.3. The molecule has 3 rings (SSSR count). The van der Waals surface area contributed by atoms with Crippen molar-refractivity contribution in [3.05, 3.63) is 62.3 Å². The maximum absolute atomic E-state index is 13.5. The molecule has 31 heavy (non-hydrogen) atoms. The maximum Gasteiger partial charge on any atom is 0.333 e. The summed E-state index contributed by atoms with van der Waals surface area (Å²) in [5.41, 5.74) is -0.622. The summed E-state index contributed by atoms with van der Waals surface area (Å²) in [7, 11) is 0. The Bertz CT molecular complexity index is 1090. The van der Waals surface area contributed by atoms with E-state index < -0.39 is 11.6 Å². The number of amides is 1. The first-order valence-electron chi connectivity index (χ1n) is 10.5. The first-order chi connectivity index (χ1) is 14.6. The molecule has 9 heteroatoms. The molecular weight excluding hydrogens is 406 g/mol. The number of rotatable bonds is 4. The van der Waals surface area contributed by atoms with Crippen molar-refractivity contribution < 1.29 is 13.6 Å². The van der Waals surface area contributed by atoms with Crippen molar-refractivity contribution >= 4 is 11.7 Å². The third kappa shape index (κ3) is 4.55. The molecule has 1 aliphatic heterocycles. The SMILES string of the molecule is CC(C)n1c(N2CCCN(C(=O)c3ccc(F)c(F)c3)CC2)cc(=O)n(C(C)C)c1=O. The molecule has 1 fully saturated rings. The Morgan fingerprint density at radius 2 is 1.55 bits per heavy atom. The van der Waals surface area contributed by atoms with Gasteiger partial charge < -0.3 is 9.80 Å². The summed E-state index contributed by atoms with van der Waals surface area (Å²) < 4.78 is 29.6. The van der Waals surface area contributed by atoms with Gasteiger partial charge in [-0.25, -0.2) is 13.6 Å². The largest absolute Gasteiger partial charge is 0.356 e. The Labute approximate surface area is 179 Å². The second-order valence-electron chi connectivity index (χ2n) is 8.31. The molecule has 0 unspecified atom stereocenters. The number of halogens is 2. The van der Waals surface area contributed by atoms with E-state index >= 15 is 0 Å². The Hall–Kier alpha value is -2.97. The van der Waals surface area contributed by atoms with Crippen LogP contribution in [0.5, 0.6) is 0 Å². The fraction of sp³-hybridized carbons (Fsp3) is 0.500. The minimum Gasteiger partial charge on any atom is -0.356 e. The van der Waals surface area contributed by atoms with Crippen molar-refractivity contribution in [3.63, 3.8) is 0 Å². The van der Waals surface area contributed by atoms with Crippen molar-refractivity contribution in [2.24, 2.45) is 0 Å². The molecule has 0 N–H and O–H groups in total. The molecule has 0 spiro atoms.